The molecule has 0 saturated carbocycles. The van der Waals surface area contributed by atoms with Gasteiger partial charge in [-0.25, -0.2) is 8.42 Å². The molecule has 1 heterocycles. The van der Waals surface area contributed by atoms with Crippen molar-refractivity contribution in [1.29, 1.82) is 0 Å². The summed E-state index contributed by atoms with van der Waals surface area (Å²) in [7, 11) is -4.02. The molecule has 0 atom stereocenters. The Labute approximate surface area is 180 Å². The Morgan fingerprint density at radius 2 is 1.71 bits per heavy atom. The predicted octanol–water partition coefficient (Wildman–Crippen LogP) is 4.24. The molecule has 10 heteroatoms. The number of sulfonamides is 1. The Morgan fingerprint density at radius 3 is 2.35 bits per heavy atom. The molecule has 0 aliphatic rings. The highest BCUT2D eigenvalue weighted by molar-refractivity contribution is 7.92. The lowest BCUT2D eigenvalue weighted by molar-refractivity contribution is -0.384. The summed E-state index contributed by atoms with van der Waals surface area (Å²) in [5.74, 6) is 0. The smallest absolute Gasteiger partial charge is 0.279 e. The molecule has 0 saturated heterocycles. The van der Waals surface area contributed by atoms with Gasteiger partial charge >= 0.3 is 0 Å². The molecule has 3 rings (SSSR count). The minimum absolute atomic E-state index is 0.0730. The zero-order valence-corrected chi connectivity index (χ0v) is 18.0. The van der Waals surface area contributed by atoms with Crippen LogP contribution in [-0.2, 0) is 10.0 Å². The van der Waals surface area contributed by atoms with Gasteiger partial charge in [-0.3, -0.25) is 25.2 Å². The predicted molar refractivity (Wildman–Crippen MR) is 120 cm³/mol. The van der Waals surface area contributed by atoms with Crippen LogP contribution in [-0.4, -0.2) is 24.0 Å². The summed E-state index contributed by atoms with van der Waals surface area (Å²) >= 11 is 0. The van der Waals surface area contributed by atoms with E-state index >= 15 is 0 Å². The van der Waals surface area contributed by atoms with Gasteiger partial charge in [-0.05, 0) is 56.7 Å². The number of nitrogens with one attached hydrogen (secondary N) is 2. The van der Waals surface area contributed by atoms with Gasteiger partial charge in [0.25, 0.3) is 15.7 Å². The molecule has 160 valence electrons. The fourth-order valence-electron chi connectivity index (χ4n) is 2.86. The van der Waals surface area contributed by atoms with Gasteiger partial charge in [0, 0.05) is 24.0 Å². The molecule has 2 aromatic carbocycles. The molecule has 3 aromatic rings. The summed E-state index contributed by atoms with van der Waals surface area (Å²) in [5, 5.41) is 15.7. The number of nitro groups is 1. The first-order chi connectivity index (χ1) is 14.7. The van der Waals surface area contributed by atoms with Crippen molar-refractivity contribution in [3.05, 3.63) is 87.7 Å². The van der Waals surface area contributed by atoms with E-state index in [4.69, 9.17) is 0 Å². The van der Waals surface area contributed by atoms with Gasteiger partial charge in [-0.15, -0.1) is 0 Å². The molecule has 31 heavy (non-hydrogen) atoms. The summed E-state index contributed by atoms with van der Waals surface area (Å²) in [6.45, 7) is 5.42. The molecular formula is C21H21N5O4S. The number of rotatable bonds is 7. The lowest BCUT2D eigenvalue weighted by Gasteiger charge is -2.12. The molecule has 0 aliphatic carbocycles. The van der Waals surface area contributed by atoms with E-state index in [0.29, 0.717) is 11.4 Å². The fourth-order valence-corrected chi connectivity index (χ4v) is 4.01. The number of anilines is 2. The number of nitrogens with zero attached hydrogens (tertiary/aromatic N) is 3. The molecule has 0 aliphatic heterocycles. The van der Waals surface area contributed by atoms with Crippen LogP contribution in [0.4, 0.5) is 17.1 Å². The molecule has 2 N–H and O–H groups in total. The average Bonchev–Trinajstić information content (AvgIpc) is 2.74. The van der Waals surface area contributed by atoms with Crippen molar-refractivity contribution in [3.63, 3.8) is 0 Å². The van der Waals surface area contributed by atoms with Crippen LogP contribution in [0.5, 0.6) is 0 Å². The van der Waals surface area contributed by atoms with Gasteiger partial charge in [0.05, 0.1) is 21.2 Å². The zero-order chi connectivity index (χ0) is 22.6. The van der Waals surface area contributed by atoms with Crippen LogP contribution in [0.15, 0.2) is 70.9 Å². The maximum atomic E-state index is 12.8. The van der Waals surface area contributed by atoms with Crippen molar-refractivity contribution in [3.8, 4) is 0 Å². The Bertz CT molecular complexity index is 1260. The highest BCUT2D eigenvalue weighted by Crippen LogP contribution is 2.29. The summed E-state index contributed by atoms with van der Waals surface area (Å²) in [4.78, 5) is 14.6. The van der Waals surface area contributed by atoms with E-state index in [9.17, 15) is 18.5 Å². The van der Waals surface area contributed by atoms with Gasteiger partial charge in [0.2, 0.25) is 0 Å². The number of aryl methyl sites for hydroxylation is 2. The van der Waals surface area contributed by atoms with Crippen LogP contribution >= 0.6 is 0 Å². The maximum Gasteiger partial charge on any atom is 0.295 e. The maximum absolute atomic E-state index is 12.8. The van der Waals surface area contributed by atoms with E-state index in [-0.39, 0.29) is 10.6 Å². The number of pyridine rings is 1. The normalized spacial score (nSPS) is 11.8. The van der Waals surface area contributed by atoms with Crippen molar-refractivity contribution < 1.29 is 13.3 Å². The van der Waals surface area contributed by atoms with Crippen LogP contribution in [0, 0.1) is 24.0 Å². The van der Waals surface area contributed by atoms with Crippen LogP contribution in [0.25, 0.3) is 0 Å². The number of aromatic nitrogens is 1. The minimum atomic E-state index is -4.02. The first-order valence-electron chi connectivity index (χ1n) is 9.26. The second-order valence-corrected chi connectivity index (χ2v) is 8.59. The summed E-state index contributed by atoms with van der Waals surface area (Å²) in [6.07, 6.45) is 3.22. The molecule has 1 aromatic heterocycles. The van der Waals surface area contributed by atoms with E-state index in [0.717, 1.165) is 22.8 Å². The monoisotopic (exact) mass is 439 g/mol. The van der Waals surface area contributed by atoms with Crippen LogP contribution in [0.1, 0.15) is 23.6 Å². The van der Waals surface area contributed by atoms with Crippen molar-refractivity contribution in [2.75, 3.05) is 10.1 Å². The highest BCUT2D eigenvalue weighted by Gasteiger charge is 2.22. The summed E-state index contributed by atoms with van der Waals surface area (Å²) in [5.41, 5.74) is 5.85. The Morgan fingerprint density at radius 1 is 1.03 bits per heavy atom. The Balaban J connectivity index is 1.90. The van der Waals surface area contributed by atoms with Crippen LogP contribution in [0.2, 0.25) is 0 Å². The molecule has 9 nitrogen and oxygen atoms in total. The molecule has 0 spiro atoms. The van der Waals surface area contributed by atoms with E-state index in [2.05, 4.69) is 20.2 Å². The first kappa shape index (κ1) is 21.9. The van der Waals surface area contributed by atoms with Crippen molar-refractivity contribution >= 4 is 32.8 Å². The summed E-state index contributed by atoms with van der Waals surface area (Å²) < 4.78 is 28.1. The second-order valence-electron chi connectivity index (χ2n) is 6.90. The van der Waals surface area contributed by atoms with Gasteiger partial charge in [-0.2, -0.15) is 5.10 Å². The third kappa shape index (κ3) is 5.23. The first-order valence-corrected chi connectivity index (χ1v) is 10.7. The van der Waals surface area contributed by atoms with E-state index < -0.39 is 20.6 Å². The van der Waals surface area contributed by atoms with E-state index in [1.165, 1.54) is 12.1 Å². The lowest BCUT2D eigenvalue weighted by atomic mass is 10.1. The number of nitro benzene ring substituents is 1. The topological polar surface area (TPSA) is 127 Å². The number of hydrogen-bond acceptors (Lipinski definition) is 7. The SMILES string of the molecule is C/C(=N/Nc1ccc(S(=O)(=O)Nc2ccc(C)cc2C)cc1[N+](=O)[O-])c1ccncc1. The molecule has 0 radical (unpaired) electrons. The van der Waals surface area contributed by atoms with Gasteiger partial charge < -0.3 is 0 Å². The Kier molecular flexibility index (Phi) is 6.30. The van der Waals surface area contributed by atoms with E-state index in [1.807, 2.05) is 13.0 Å². The fraction of sp³-hybridized carbons (Fsp3) is 0.143. The Hall–Kier alpha value is -3.79. The molecule has 0 unspecified atom stereocenters. The molecule has 0 bridgehead atoms. The van der Waals surface area contributed by atoms with Crippen LogP contribution in [0.3, 0.4) is 0 Å². The quantitative estimate of drug-likeness (QED) is 0.322. The largest absolute Gasteiger partial charge is 0.295 e. The van der Waals surface area contributed by atoms with Crippen molar-refractivity contribution in [2.24, 2.45) is 5.10 Å². The van der Waals surface area contributed by atoms with E-state index in [1.54, 1.807) is 50.5 Å². The standard InChI is InChI=1S/C21H21N5O4S/c1-14-4-6-19(15(2)12-14)25-31(29,30)18-5-7-20(21(13-18)26(27)28)24-23-16(3)17-8-10-22-11-9-17/h4-13,24-25H,1-3H3/b23-16-. The minimum Gasteiger partial charge on any atom is -0.279 e. The number of hydrogen-bond donors (Lipinski definition) is 2. The second kappa shape index (κ2) is 8.92. The van der Waals surface area contributed by atoms with Crippen LogP contribution < -0.4 is 10.1 Å². The number of benzene rings is 2. The third-order valence-corrected chi connectivity index (χ3v) is 5.91. The third-order valence-electron chi connectivity index (χ3n) is 4.54. The molecule has 0 fully saturated rings. The van der Waals surface area contributed by atoms with Crippen molar-refractivity contribution in [1.82, 2.24) is 4.98 Å². The molecular weight excluding hydrogens is 418 g/mol. The summed E-state index contributed by atoms with van der Waals surface area (Å²) in [6, 6.07) is 12.4. The van der Waals surface area contributed by atoms with Gasteiger partial charge in [0.1, 0.15) is 5.69 Å². The molecule has 0 amide bonds. The zero-order valence-electron chi connectivity index (χ0n) is 17.2. The van der Waals surface area contributed by atoms with Gasteiger partial charge in [0.15, 0.2) is 0 Å². The highest BCUT2D eigenvalue weighted by atomic mass is 32.2. The van der Waals surface area contributed by atoms with Crippen molar-refractivity contribution in [2.45, 2.75) is 25.7 Å². The van der Waals surface area contributed by atoms with Gasteiger partial charge in [-0.1, -0.05) is 17.7 Å². The average molecular weight is 439 g/mol. The number of hydrazone groups is 1. The lowest BCUT2D eigenvalue weighted by Crippen LogP contribution is -2.14.